The number of hydrogen-bond donors (Lipinski definition) is 1. The van der Waals surface area contributed by atoms with Gasteiger partial charge >= 0.3 is 0 Å². The van der Waals surface area contributed by atoms with Gasteiger partial charge < -0.3 is 10.5 Å². The van der Waals surface area contributed by atoms with E-state index in [1.165, 1.54) is 10.8 Å². The molecular formula is C24H29N3O2. The Morgan fingerprint density at radius 1 is 1.28 bits per heavy atom. The monoisotopic (exact) mass is 391 g/mol. The number of hydrogen-bond acceptors (Lipinski definition) is 4. The molecule has 2 atom stereocenters. The van der Waals surface area contributed by atoms with Crippen LogP contribution in [0.15, 0.2) is 30.3 Å². The third-order valence-corrected chi connectivity index (χ3v) is 5.94. The van der Waals surface area contributed by atoms with Crippen molar-refractivity contribution in [3.05, 3.63) is 52.0 Å². The fraction of sp³-hybridized carbons (Fsp3) is 0.417. The molecule has 2 aromatic rings. The van der Waals surface area contributed by atoms with Gasteiger partial charge in [0.1, 0.15) is 0 Å². The largest absolute Gasteiger partial charge is 0.379 e. The average Bonchev–Trinajstić information content (AvgIpc) is 2.74. The number of pyridine rings is 1. The van der Waals surface area contributed by atoms with Crippen LogP contribution in [0.2, 0.25) is 0 Å². The molecule has 152 valence electrons. The number of carbonyl (C=O) groups is 1. The number of primary amides is 1. The number of fused-ring (bicyclic) bond motifs is 1. The highest BCUT2D eigenvalue weighted by molar-refractivity contribution is 5.81. The summed E-state index contributed by atoms with van der Waals surface area (Å²) in [6.07, 6.45) is 5.64. The fourth-order valence-electron chi connectivity index (χ4n) is 4.01. The van der Waals surface area contributed by atoms with Crippen molar-refractivity contribution in [2.75, 3.05) is 26.3 Å². The van der Waals surface area contributed by atoms with Crippen molar-refractivity contribution in [2.45, 2.75) is 32.7 Å². The van der Waals surface area contributed by atoms with E-state index < -0.39 is 0 Å². The zero-order valence-electron chi connectivity index (χ0n) is 17.2. The van der Waals surface area contributed by atoms with E-state index in [2.05, 4.69) is 30.0 Å². The molecule has 1 saturated heterocycles. The van der Waals surface area contributed by atoms with Crippen LogP contribution in [0.4, 0.5) is 0 Å². The first kappa shape index (κ1) is 19.8. The summed E-state index contributed by atoms with van der Waals surface area (Å²) >= 11 is 0. The molecule has 2 N–H and O–H groups in total. The summed E-state index contributed by atoms with van der Waals surface area (Å²) in [5.41, 5.74) is 9.73. The summed E-state index contributed by atoms with van der Waals surface area (Å²) in [6, 6.07) is 10.3. The van der Waals surface area contributed by atoms with Gasteiger partial charge in [-0.15, -0.1) is 0 Å². The fourth-order valence-corrected chi connectivity index (χ4v) is 4.01. The van der Waals surface area contributed by atoms with Crippen LogP contribution in [0, 0.1) is 5.92 Å². The SMILES string of the molecule is CC1C=c2c(CN3CCOCC3)cc(-c3ccc(C(C)C(N)=O)cc3)nc2=CC1. The molecule has 5 heteroatoms. The van der Waals surface area contributed by atoms with E-state index in [4.69, 9.17) is 15.5 Å². The maximum Gasteiger partial charge on any atom is 0.224 e. The van der Waals surface area contributed by atoms with Crippen LogP contribution in [0.3, 0.4) is 0 Å². The maximum atomic E-state index is 11.5. The lowest BCUT2D eigenvalue weighted by atomic mass is 9.96. The molecule has 1 amide bonds. The Hall–Kier alpha value is -2.50. The Balaban J connectivity index is 1.72. The topological polar surface area (TPSA) is 68.5 Å². The molecule has 0 bridgehead atoms. The molecule has 2 unspecified atom stereocenters. The first-order valence-electron chi connectivity index (χ1n) is 10.4. The Labute approximate surface area is 171 Å². The predicted molar refractivity (Wildman–Crippen MR) is 115 cm³/mol. The van der Waals surface area contributed by atoms with Crippen molar-refractivity contribution in [1.82, 2.24) is 9.88 Å². The molecule has 1 fully saturated rings. The Morgan fingerprint density at radius 2 is 2.00 bits per heavy atom. The van der Waals surface area contributed by atoms with Gasteiger partial charge in [0.15, 0.2) is 0 Å². The number of nitrogens with zero attached hydrogens (tertiary/aromatic N) is 2. The van der Waals surface area contributed by atoms with E-state index in [-0.39, 0.29) is 11.8 Å². The highest BCUT2D eigenvalue weighted by Gasteiger charge is 2.16. The minimum Gasteiger partial charge on any atom is -0.379 e. The zero-order chi connectivity index (χ0) is 20.4. The summed E-state index contributed by atoms with van der Waals surface area (Å²) in [4.78, 5) is 18.9. The van der Waals surface area contributed by atoms with Gasteiger partial charge in [0.2, 0.25) is 5.91 Å². The minimum absolute atomic E-state index is 0.290. The molecule has 0 saturated carbocycles. The van der Waals surface area contributed by atoms with E-state index in [0.717, 1.165) is 61.4 Å². The Morgan fingerprint density at radius 3 is 2.69 bits per heavy atom. The first-order valence-corrected chi connectivity index (χ1v) is 10.4. The number of morpholine rings is 1. The highest BCUT2D eigenvalue weighted by atomic mass is 16.5. The van der Waals surface area contributed by atoms with Crippen LogP contribution in [-0.2, 0) is 16.1 Å². The van der Waals surface area contributed by atoms with Crippen molar-refractivity contribution >= 4 is 18.1 Å². The van der Waals surface area contributed by atoms with Crippen molar-refractivity contribution in [3.63, 3.8) is 0 Å². The third kappa shape index (κ3) is 4.41. The minimum atomic E-state index is -0.309. The normalized spacial score (nSPS) is 20.3. The molecule has 2 aliphatic rings. The van der Waals surface area contributed by atoms with Gasteiger partial charge in [-0.3, -0.25) is 9.69 Å². The standard InChI is InChI=1S/C24H29N3O2/c1-16-3-8-22-21(13-16)20(15-27-9-11-29-12-10-27)14-23(26-22)19-6-4-18(5-7-19)17(2)24(25)28/h4-8,13-14,16-17H,3,9-12,15H2,1-2H3,(H2,25,28). The van der Waals surface area contributed by atoms with Crippen molar-refractivity contribution in [2.24, 2.45) is 11.7 Å². The van der Waals surface area contributed by atoms with E-state index in [0.29, 0.717) is 5.92 Å². The highest BCUT2D eigenvalue weighted by Crippen LogP contribution is 2.22. The summed E-state index contributed by atoms with van der Waals surface area (Å²) in [7, 11) is 0. The average molecular weight is 392 g/mol. The predicted octanol–water partition coefficient (Wildman–Crippen LogP) is 1.77. The molecule has 0 spiro atoms. The summed E-state index contributed by atoms with van der Waals surface area (Å²) in [6.45, 7) is 8.52. The van der Waals surface area contributed by atoms with Crippen LogP contribution >= 0.6 is 0 Å². The second kappa shape index (κ2) is 8.47. The van der Waals surface area contributed by atoms with Gasteiger partial charge in [-0.25, -0.2) is 4.98 Å². The molecule has 29 heavy (non-hydrogen) atoms. The van der Waals surface area contributed by atoms with Crippen LogP contribution in [-0.4, -0.2) is 42.1 Å². The van der Waals surface area contributed by atoms with Gasteiger partial charge in [0.25, 0.3) is 0 Å². The van der Waals surface area contributed by atoms with Gasteiger partial charge in [-0.2, -0.15) is 0 Å². The van der Waals surface area contributed by atoms with Crippen LogP contribution in [0.5, 0.6) is 0 Å². The zero-order valence-corrected chi connectivity index (χ0v) is 17.2. The van der Waals surface area contributed by atoms with Crippen LogP contribution in [0.25, 0.3) is 23.4 Å². The van der Waals surface area contributed by atoms with Gasteiger partial charge in [0, 0.05) is 30.4 Å². The van der Waals surface area contributed by atoms with Crippen LogP contribution in [0.1, 0.15) is 37.3 Å². The van der Waals surface area contributed by atoms with E-state index in [1.54, 1.807) is 0 Å². The molecule has 1 aliphatic carbocycles. The quantitative estimate of drug-likeness (QED) is 0.844. The van der Waals surface area contributed by atoms with Crippen LogP contribution < -0.4 is 16.3 Å². The van der Waals surface area contributed by atoms with Gasteiger partial charge in [0.05, 0.1) is 30.2 Å². The van der Waals surface area contributed by atoms with Crippen molar-refractivity contribution < 1.29 is 9.53 Å². The van der Waals surface area contributed by atoms with Gasteiger partial charge in [-0.05, 0) is 36.5 Å². The van der Waals surface area contributed by atoms with E-state index in [9.17, 15) is 4.79 Å². The smallest absolute Gasteiger partial charge is 0.224 e. The van der Waals surface area contributed by atoms with E-state index >= 15 is 0 Å². The number of carbonyl (C=O) groups excluding carboxylic acids is 1. The Bertz CT molecular complexity index is 1010. The second-order valence-corrected chi connectivity index (χ2v) is 8.18. The molecule has 1 aromatic carbocycles. The number of rotatable bonds is 5. The number of nitrogens with two attached hydrogens (primary N) is 1. The molecule has 1 aliphatic heterocycles. The maximum absolute atomic E-state index is 11.5. The molecular weight excluding hydrogens is 362 g/mol. The lowest BCUT2D eigenvalue weighted by Gasteiger charge is -2.27. The number of ether oxygens (including phenoxy) is 1. The lowest BCUT2D eigenvalue weighted by molar-refractivity contribution is -0.119. The molecule has 5 nitrogen and oxygen atoms in total. The third-order valence-electron chi connectivity index (χ3n) is 5.94. The Kier molecular flexibility index (Phi) is 5.79. The molecule has 0 radical (unpaired) electrons. The molecule has 4 rings (SSSR count). The van der Waals surface area contributed by atoms with Crippen molar-refractivity contribution in [1.29, 1.82) is 0 Å². The summed E-state index contributed by atoms with van der Waals surface area (Å²) in [5.74, 6) is -0.0632. The molecule has 1 aromatic heterocycles. The number of benzene rings is 1. The summed E-state index contributed by atoms with van der Waals surface area (Å²) in [5, 5.41) is 2.36. The number of amides is 1. The summed E-state index contributed by atoms with van der Waals surface area (Å²) < 4.78 is 5.51. The number of aromatic nitrogens is 1. The van der Waals surface area contributed by atoms with Crippen molar-refractivity contribution in [3.8, 4) is 11.3 Å². The molecule has 2 heterocycles. The second-order valence-electron chi connectivity index (χ2n) is 8.18. The van der Waals surface area contributed by atoms with Gasteiger partial charge in [-0.1, -0.05) is 43.3 Å². The van der Waals surface area contributed by atoms with E-state index in [1.807, 2.05) is 31.2 Å². The lowest BCUT2D eigenvalue weighted by Crippen LogP contribution is -2.41. The first-order chi connectivity index (χ1) is 14.0.